The smallest absolute Gasteiger partial charge is 0.303 e. The van der Waals surface area contributed by atoms with Crippen molar-refractivity contribution in [3.8, 4) is 5.69 Å². The lowest BCUT2D eigenvalue weighted by molar-refractivity contribution is -0.136. The third kappa shape index (κ3) is 5.33. The molecule has 0 saturated heterocycles. The zero-order valence-corrected chi connectivity index (χ0v) is 23.9. The van der Waals surface area contributed by atoms with Crippen LogP contribution in [-0.2, 0) is 31.8 Å². The number of carbonyl (C=O) groups is 1. The molecule has 11 heteroatoms. The number of aromatic nitrogens is 4. The first-order chi connectivity index (χ1) is 19.5. The lowest BCUT2D eigenvalue weighted by Crippen LogP contribution is -2.33. The Kier molecular flexibility index (Phi) is 7.76. The van der Waals surface area contributed by atoms with E-state index in [1.54, 1.807) is 31.8 Å². The van der Waals surface area contributed by atoms with E-state index >= 15 is 0 Å². The summed E-state index contributed by atoms with van der Waals surface area (Å²) in [5, 5.41) is 19.9. The van der Waals surface area contributed by atoms with E-state index in [-0.39, 0.29) is 24.5 Å². The summed E-state index contributed by atoms with van der Waals surface area (Å²) in [6.07, 6.45) is 10.7. The summed E-state index contributed by atoms with van der Waals surface area (Å²) in [4.78, 5) is 16.5. The standard InChI is InChI=1S/C29H31ClN4O5S/c1-37-22-5-3-4-19(27(22)38-2)26-20-14-17(30)8-10-21(20)34-28(16-6-7-16)32-33-29(34)23(39-26)11-12-24-31-15-18(40-24)9-13-25(35)36/h3-5,8,10,14-16,19,23,26-27H,6-7,9,11-13H2,1-2H3,(H,35,36)/t19?,23-,26-,27+/m1/s1. The van der Waals surface area contributed by atoms with E-state index in [0.29, 0.717) is 30.2 Å². The predicted molar refractivity (Wildman–Crippen MR) is 150 cm³/mol. The Labute approximate surface area is 241 Å². The molecule has 1 unspecified atom stereocenters. The first kappa shape index (κ1) is 27.1. The number of halogens is 1. The molecule has 4 atom stereocenters. The molecule has 3 heterocycles. The van der Waals surface area contributed by atoms with Crippen molar-refractivity contribution >= 4 is 28.9 Å². The monoisotopic (exact) mass is 582 g/mol. The summed E-state index contributed by atoms with van der Waals surface area (Å²) >= 11 is 8.13. The van der Waals surface area contributed by atoms with Crippen molar-refractivity contribution in [1.82, 2.24) is 19.7 Å². The van der Waals surface area contributed by atoms with Crippen LogP contribution in [0.2, 0.25) is 5.02 Å². The van der Waals surface area contributed by atoms with Gasteiger partial charge in [-0.2, -0.15) is 0 Å². The summed E-state index contributed by atoms with van der Waals surface area (Å²) in [5.74, 6) is 1.86. The van der Waals surface area contributed by atoms with Crippen LogP contribution in [0.15, 0.2) is 48.4 Å². The molecule has 0 amide bonds. The van der Waals surface area contributed by atoms with Crippen molar-refractivity contribution in [2.45, 2.75) is 62.8 Å². The molecule has 1 N–H and O–H groups in total. The number of thiazole rings is 1. The van der Waals surface area contributed by atoms with Crippen molar-refractivity contribution in [1.29, 1.82) is 0 Å². The van der Waals surface area contributed by atoms with Gasteiger partial charge in [-0.3, -0.25) is 9.36 Å². The molecule has 1 fully saturated rings. The van der Waals surface area contributed by atoms with Crippen molar-refractivity contribution in [2.75, 3.05) is 14.2 Å². The predicted octanol–water partition coefficient (Wildman–Crippen LogP) is 5.75. The van der Waals surface area contributed by atoms with Gasteiger partial charge < -0.3 is 19.3 Å². The number of rotatable bonds is 10. The van der Waals surface area contributed by atoms with Gasteiger partial charge in [0.15, 0.2) is 5.82 Å². The van der Waals surface area contributed by atoms with E-state index in [1.165, 1.54) is 0 Å². The normalized spacial score (nSPS) is 23.7. The van der Waals surface area contributed by atoms with E-state index in [9.17, 15) is 4.79 Å². The van der Waals surface area contributed by atoms with Crippen LogP contribution in [-0.4, -0.2) is 51.1 Å². The number of methoxy groups -OCH3 is 2. The Morgan fingerprint density at radius 2 is 2.05 bits per heavy atom. The summed E-state index contributed by atoms with van der Waals surface area (Å²) in [7, 11) is 3.33. The van der Waals surface area contributed by atoms with Gasteiger partial charge in [0.1, 0.15) is 23.8 Å². The van der Waals surface area contributed by atoms with Gasteiger partial charge in [-0.1, -0.05) is 23.8 Å². The minimum atomic E-state index is -0.809. The third-order valence-corrected chi connectivity index (χ3v) is 9.01. The van der Waals surface area contributed by atoms with Crippen molar-refractivity contribution in [2.24, 2.45) is 5.92 Å². The fourth-order valence-corrected chi connectivity index (χ4v) is 6.70. The van der Waals surface area contributed by atoms with Gasteiger partial charge in [0, 0.05) is 47.0 Å². The van der Waals surface area contributed by atoms with Crippen LogP contribution in [0.5, 0.6) is 0 Å². The molecular weight excluding hydrogens is 552 g/mol. The van der Waals surface area contributed by atoms with E-state index in [0.717, 1.165) is 51.4 Å². The first-order valence-electron chi connectivity index (χ1n) is 13.5. The number of aliphatic carboxylic acids is 1. The highest BCUT2D eigenvalue weighted by Crippen LogP contribution is 2.48. The summed E-state index contributed by atoms with van der Waals surface area (Å²) in [6, 6.07) is 5.91. The average Bonchev–Trinajstić information content (AvgIpc) is 3.58. The number of hydrogen-bond acceptors (Lipinski definition) is 8. The van der Waals surface area contributed by atoms with Crippen LogP contribution < -0.4 is 0 Å². The number of benzene rings is 1. The van der Waals surface area contributed by atoms with Crippen molar-refractivity contribution in [3.05, 3.63) is 80.5 Å². The number of nitrogens with zero attached hydrogens (tertiary/aromatic N) is 4. The van der Waals surface area contributed by atoms with Crippen LogP contribution in [0, 0.1) is 5.92 Å². The highest BCUT2D eigenvalue weighted by molar-refractivity contribution is 7.11. The summed E-state index contributed by atoms with van der Waals surface area (Å²) in [6.45, 7) is 0. The molecule has 9 nitrogen and oxygen atoms in total. The number of fused-ring (bicyclic) bond motifs is 3. The highest BCUT2D eigenvalue weighted by Gasteiger charge is 2.42. The van der Waals surface area contributed by atoms with Crippen LogP contribution in [0.3, 0.4) is 0 Å². The quantitative estimate of drug-likeness (QED) is 0.322. The van der Waals surface area contributed by atoms with Gasteiger partial charge in [0.05, 0.1) is 30.3 Å². The van der Waals surface area contributed by atoms with E-state index in [2.05, 4.69) is 25.8 Å². The minimum Gasteiger partial charge on any atom is -0.498 e. The fraction of sp³-hybridized carbons (Fsp3) is 0.448. The Hall–Kier alpha value is -3.05. The first-order valence-corrected chi connectivity index (χ1v) is 14.7. The topological polar surface area (TPSA) is 109 Å². The zero-order valence-electron chi connectivity index (χ0n) is 22.3. The lowest BCUT2D eigenvalue weighted by Gasteiger charge is -2.34. The van der Waals surface area contributed by atoms with Gasteiger partial charge in [0.2, 0.25) is 0 Å². The molecule has 40 heavy (non-hydrogen) atoms. The molecule has 1 aliphatic heterocycles. The molecule has 6 rings (SSSR count). The number of carboxylic acids is 1. The van der Waals surface area contributed by atoms with Gasteiger partial charge in [0.25, 0.3) is 0 Å². The number of hydrogen-bond donors (Lipinski definition) is 1. The lowest BCUT2D eigenvalue weighted by atomic mass is 9.86. The Morgan fingerprint density at radius 1 is 1.23 bits per heavy atom. The second-order valence-electron chi connectivity index (χ2n) is 10.3. The van der Waals surface area contributed by atoms with Gasteiger partial charge in [-0.15, -0.1) is 21.5 Å². The fourth-order valence-electron chi connectivity index (χ4n) is 5.58. The third-order valence-electron chi connectivity index (χ3n) is 7.66. The van der Waals surface area contributed by atoms with E-state index < -0.39 is 12.1 Å². The maximum atomic E-state index is 11.0. The average molecular weight is 583 g/mol. The molecule has 0 bridgehead atoms. The molecule has 3 aromatic rings. The Morgan fingerprint density at radius 3 is 2.80 bits per heavy atom. The van der Waals surface area contributed by atoms with Crippen LogP contribution >= 0.6 is 22.9 Å². The van der Waals surface area contributed by atoms with E-state index in [4.69, 9.17) is 30.9 Å². The SMILES string of the molecule is COC1=CC=CC([C@H]2O[C@H](CCc3ncc(CCC(=O)O)s3)c3nnc(C4CC4)n3-c3ccc(Cl)cc32)[C@@H]1OC. The highest BCUT2D eigenvalue weighted by atomic mass is 35.5. The van der Waals surface area contributed by atoms with Crippen LogP contribution in [0.25, 0.3) is 5.69 Å². The maximum Gasteiger partial charge on any atom is 0.303 e. The van der Waals surface area contributed by atoms with Gasteiger partial charge >= 0.3 is 5.97 Å². The van der Waals surface area contributed by atoms with Crippen molar-refractivity contribution < 1.29 is 24.1 Å². The zero-order chi connectivity index (χ0) is 27.8. The maximum absolute atomic E-state index is 11.0. The molecule has 0 spiro atoms. The number of ether oxygens (including phenoxy) is 3. The molecule has 2 aromatic heterocycles. The molecular formula is C29H31ClN4O5S. The van der Waals surface area contributed by atoms with Gasteiger partial charge in [-0.25, -0.2) is 4.98 Å². The molecule has 2 aliphatic carbocycles. The Bertz CT molecular complexity index is 1460. The largest absolute Gasteiger partial charge is 0.498 e. The Balaban J connectivity index is 1.38. The second kappa shape index (κ2) is 11.4. The molecule has 210 valence electrons. The molecule has 3 aliphatic rings. The van der Waals surface area contributed by atoms with Gasteiger partial charge in [-0.05, 0) is 50.0 Å². The van der Waals surface area contributed by atoms with Crippen LogP contribution in [0.1, 0.15) is 70.9 Å². The summed E-state index contributed by atoms with van der Waals surface area (Å²) < 4.78 is 20.8. The van der Waals surface area contributed by atoms with E-state index in [1.807, 2.05) is 30.4 Å². The number of aryl methyl sites for hydroxylation is 2. The van der Waals surface area contributed by atoms with Crippen LogP contribution in [0.4, 0.5) is 0 Å². The number of allylic oxidation sites excluding steroid dienone is 2. The second-order valence-corrected chi connectivity index (χ2v) is 12.0. The number of carboxylic acid groups (broad SMARTS) is 1. The minimum absolute atomic E-state index is 0.0936. The summed E-state index contributed by atoms with van der Waals surface area (Å²) in [5.41, 5.74) is 1.93. The molecule has 1 saturated carbocycles. The molecule has 0 radical (unpaired) electrons. The van der Waals surface area contributed by atoms with Crippen molar-refractivity contribution in [3.63, 3.8) is 0 Å². The molecule has 1 aromatic carbocycles.